The quantitative estimate of drug-likeness (QED) is 0.236. The summed E-state index contributed by atoms with van der Waals surface area (Å²) in [4.78, 5) is 31.1. The number of benzene rings is 1. The van der Waals surface area contributed by atoms with E-state index in [4.69, 9.17) is 15.7 Å². The number of nitrogens with two attached hydrogens (primary N) is 1. The van der Waals surface area contributed by atoms with Crippen molar-refractivity contribution in [2.75, 3.05) is 37.6 Å². The number of hydrogen-bond donors (Lipinski definition) is 3. The van der Waals surface area contributed by atoms with Crippen LogP contribution in [0.4, 0.5) is 10.2 Å². The first-order valence-electron chi connectivity index (χ1n) is 15.1. The molecule has 2 aliphatic heterocycles. The smallest absolute Gasteiger partial charge is 0.178 e. The molecule has 6 aromatic rings. The number of nitrogens with zero attached hydrogens (tertiary/aromatic N) is 8. The van der Waals surface area contributed by atoms with Crippen LogP contribution >= 0.6 is 0 Å². The van der Waals surface area contributed by atoms with Gasteiger partial charge in [-0.1, -0.05) is 6.07 Å². The summed E-state index contributed by atoms with van der Waals surface area (Å²) < 4.78 is 14.8. The molecular weight excluding hydrogens is 557 g/mol. The van der Waals surface area contributed by atoms with Crippen molar-refractivity contribution < 1.29 is 4.39 Å². The number of aryl methyl sites for hydroxylation is 1. The maximum atomic E-state index is 14.8. The van der Waals surface area contributed by atoms with E-state index in [-0.39, 0.29) is 11.9 Å². The Morgan fingerprint density at radius 2 is 1.86 bits per heavy atom. The number of hydrogen-bond acceptors (Lipinski definition) is 9. The third-order valence-electron chi connectivity index (χ3n) is 8.59. The van der Waals surface area contributed by atoms with Crippen molar-refractivity contribution in [1.29, 1.82) is 0 Å². The van der Waals surface area contributed by atoms with Gasteiger partial charge in [-0.15, -0.1) is 0 Å². The molecule has 0 bridgehead atoms. The van der Waals surface area contributed by atoms with Crippen LogP contribution in [0.5, 0.6) is 0 Å². The summed E-state index contributed by atoms with van der Waals surface area (Å²) in [5.41, 5.74) is 12.6. The number of imidazole rings is 1. The molecule has 5 aromatic heterocycles. The average Bonchev–Trinajstić information content (AvgIpc) is 3.78. The highest BCUT2D eigenvalue weighted by molar-refractivity contribution is 5.96. The monoisotopic (exact) mass is 589 g/mol. The first-order chi connectivity index (χ1) is 21.6. The lowest BCUT2D eigenvalue weighted by molar-refractivity contribution is 0.334. The zero-order chi connectivity index (χ0) is 29.6. The lowest BCUT2D eigenvalue weighted by atomic mass is 10.0. The SMILES string of the molecule is NC1CN(c2cncc(-c3cc4c(-c5nc6nccc(-c7cc(F)cc(CCCN8CCCC8)c7)c6[nH]5)n[nH]c4cn3)n2)C1. The van der Waals surface area contributed by atoms with Crippen molar-refractivity contribution in [2.45, 2.75) is 31.7 Å². The van der Waals surface area contributed by atoms with Crippen LogP contribution in [0, 0.1) is 5.82 Å². The predicted molar refractivity (Wildman–Crippen MR) is 167 cm³/mol. The van der Waals surface area contributed by atoms with E-state index in [2.05, 4.69) is 46.0 Å². The predicted octanol–water partition coefficient (Wildman–Crippen LogP) is 4.34. The fraction of sp³-hybridized carbons (Fsp3) is 0.312. The number of pyridine rings is 2. The minimum absolute atomic E-state index is 0.162. The Balaban J connectivity index is 1.11. The number of nitrogens with one attached hydrogen (secondary N) is 2. The first-order valence-corrected chi connectivity index (χ1v) is 15.1. The third kappa shape index (κ3) is 5.05. The van der Waals surface area contributed by atoms with Gasteiger partial charge in [0.25, 0.3) is 0 Å². The fourth-order valence-electron chi connectivity index (χ4n) is 6.30. The topological polar surface area (TPSA) is 141 Å². The molecule has 2 aliphatic rings. The highest BCUT2D eigenvalue weighted by Gasteiger charge is 2.25. The van der Waals surface area contributed by atoms with E-state index in [0.29, 0.717) is 28.6 Å². The van der Waals surface area contributed by atoms with Gasteiger partial charge in [-0.05, 0) is 80.7 Å². The Kier molecular flexibility index (Phi) is 6.72. The number of anilines is 1. The molecule has 11 nitrogen and oxygen atoms in total. The molecule has 0 saturated carbocycles. The normalized spacial score (nSPS) is 15.9. The van der Waals surface area contributed by atoms with Gasteiger partial charge < -0.3 is 20.5 Å². The highest BCUT2D eigenvalue weighted by Crippen LogP contribution is 2.33. The summed E-state index contributed by atoms with van der Waals surface area (Å²) in [5.74, 6) is 1.09. The number of likely N-dealkylation sites (tertiary alicyclic amines) is 1. The van der Waals surface area contributed by atoms with Crippen LogP contribution in [0.3, 0.4) is 0 Å². The molecule has 8 rings (SSSR count). The Bertz CT molecular complexity index is 1970. The van der Waals surface area contributed by atoms with Crippen LogP contribution in [0.25, 0.3) is 56.1 Å². The van der Waals surface area contributed by atoms with Crippen molar-refractivity contribution in [2.24, 2.45) is 5.73 Å². The third-order valence-corrected chi connectivity index (χ3v) is 8.59. The van der Waals surface area contributed by atoms with Crippen LogP contribution < -0.4 is 10.6 Å². The largest absolute Gasteiger partial charge is 0.352 e. The molecule has 2 fully saturated rings. The first kappa shape index (κ1) is 26.8. The highest BCUT2D eigenvalue weighted by atomic mass is 19.1. The van der Waals surface area contributed by atoms with Crippen LogP contribution in [0.2, 0.25) is 0 Å². The molecule has 44 heavy (non-hydrogen) atoms. The molecule has 222 valence electrons. The lowest BCUT2D eigenvalue weighted by Gasteiger charge is -2.37. The molecular formula is C32H32FN11. The fourth-order valence-corrected chi connectivity index (χ4v) is 6.30. The van der Waals surface area contributed by atoms with Crippen molar-refractivity contribution in [3.05, 3.63) is 66.5 Å². The van der Waals surface area contributed by atoms with Gasteiger partial charge in [0.2, 0.25) is 0 Å². The van der Waals surface area contributed by atoms with E-state index in [1.54, 1.807) is 36.9 Å². The van der Waals surface area contributed by atoms with Crippen LogP contribution in [-0.4, -0.2) is 83.8 Å². The molecule has 1 aromatic carbocycles. The number of fused-ring (bicyclic) bond motifs is 2. The van der Waals surface area contributed by atoms with Crippen LogP contribution in [0.15, 0.2) is 55.1 Å². The summed E-state index contributed by atoms with van der Waals surface area (Å²) in [7, 11) is 0. The molecule has 12 heteroatoms. The van der Waals surface area contributed by atoms with Crippen molar-refractivity contribution in [3.8, 4) is 34.0 Å². The summed E-state index contributed by atoms with van der Waals surface area (Å²) in [6, 6.07) is 9.29. The molecule has 0 unspecified atom stereocenters. The van der Waals surface area contributed by atoms with E-state index < -0.39 is 0 Å². The van der Waals surface area contributed by atoms with Gasteiger partial charge in [-0.2, -0.15) is 5.10 Å². The van der Waals surface area contributed by atoms with Crippen LogP contribution in [0.1, 0.15) is 24.8 Å². The molecule has 2 saturated heterocycles. The van der Waals surface area contributed by atoms with Gasteiger partial charge in [0.05, 0.1) is 35.3 Å². The van der Waals surface area contributed by atoms with Gasteiger partial charge in [-0.25, -0.2) is 19.3 Å². The Morgan fingerprint density at radius 3 is 2.73 bits per heavy atom. The van der Waals surface area contributed by atoms with E-state index in [1.807, 2.05) is 12.1 Å². The van der Waals surface area contributed by atoms with Gasteiger partial charge in [-0.3, -0.25) is 15.1 Å². The number of aromatic nitrogens is 8. The Hall–Kier alpha value is -4.81. The Morgan fingerprint density at radius 1 is 0.977 bits per heavy atom. The second kappa shape index (κ2) is 11.0. The van der Waals surface area contributed by atoms with Crippen molar-refractivity contribution in [1.82, 2.24) is 45.0 Å². The maximum Gasteiger partial charge on any atom is 0.178 e. The minimum atomic E-state index is -0.245. The van der Waals surface area contributed by atoms with Crippen molar-refractivity contribution >= 4 is 27.9 Å². The average molecular weight is 590 g/mol. The molecule has 7 heterocycles. The minimum Gasteiger partial charge on any atom is -0.352 e. The second-order valence-corrected chi connectivity index (χ2v) is 11.8. The van der Waals surface area contributed by atoms with E-state index in [0.717, 1.165) is 71.4 Å². The van der Waals surface area contributed by atoms with Crippen molar-refractivity contribution in [3.63, 3.8) is 0 Å². The molecule has 0 aliphatic carbocycles. The summed E-state index contributed by atoms with van der Waals surface area (Å²) in [6.07, 6.45) is 11.3. The van der Waals surface area contributed by atoms with Gasteiger partial charge >= 0.3 is 0 Å². The molecule has 0 atom stereocenters. The zero-order valence-corrected chi connectivity index (χ0v) is 24.2. The summed E-state index contributed by atoms with van der Waals surface area (Å²) >= 11 is 0. The number of rotatable bonds is 8. The number of aromatic amines is 2. The van der Waals surface area contributed by atoms with Gasteiger partial charge in [0, 0.05) is 36.3 Å². The lowest BCUT2D eigenvalue weighted by Crippen LogP contribution is -2.56. The Labute approximate surface area is 252 Å². The van der Waals surface area contributed by atoms with Gasteiger partial charge in [0.1, 0.15) is 23.0 Å². The van der Waals surface area contributed by atoms with E-state index in [9.17, 15) is 4.39 Å². The summed E-state index contributed by atoms with van der Waals surface area (Å²) in [6.45, 7) is 4.91. The van der Waals surface area contributed by atoms with E-state index in [1.165, 1.54) is 25.9 Å². The molecule has 0 radical (unpaired) electrons. The van der Waals surface area contributed by atoms with Crippen LogP contribution in [-0.2, 0) is 6.42 Å². The number of halogens is 1. The maximum absolute atomic E-state index is 14.8. The summed E-state index contributed by atoms with van der Waals surface area (Å²) in [5, 5.41) is 8.45. The van der Waals surface area contributed by atoms with E-state index >= 15 is 0 Å². The standard InChI is InChI=1S/C32H32FN11/c33-21-11-19(4-3-9-43-7-1-2-8-43)10-20(12-21)23-5-6-36-31-29(23)39-32(40-31)30-24-13-25(37-15-26(24)41-42-30)27-14-35-16-28(38-27)44-17-22(34)18-44/h5-6,10-16,22H,1-4,7-9,17-18,34H2,(H,41,42)(H,36,39,40). The van der Waals surface area contributed by atoms with Gasteiger partial charge in [0.15, 0.2) is 11.5 Å². The molecule has 0 spiro atoms. The second-order valence-electron chi connectivity index (χ2n) is 11.8. The number of H-pyrrole nitrogens is 2. The zero-order valence-electron chi connectivity index (χ0n) is 24.2. The molecule has 0 amide bonds. The molecule has 4 N–H and O–H groups in total.